The van der Waals surface area contributed by atoms with Gasteiger partial charge in [0.15, 0.2) is 0 Å². The highest BCUT2D eigenvalue weighted by Crippen LogP contribution is 2.04. The lowest BCUT2D eigenvalue weighted by atomic mass is 9.98. The summed E-state index contributed by atoms with van der Waals surface area (Å²) in [7, 11) is 1.92. The van der Waals surface area contributed by atoms with Gasteiger partial charge in [-0.3, -0.25) is 0 Å². The van der Waals surface area contributed by atoms with E-state index >= 15 is 0 Å². The van der Waals surface area contributed by atoms with E-state index in [0.717, 1.165) is 5.46 Å². The van der Waals surface area contributed by atoms with Gasteiger partial charge in [0.25, 0.3) is 0 Å². The molecule has 0 atom stereocenters. The van der Waals surface area contributed by atoms with Crippen LogP contribution in [0.15, 0.2) is 12.3 Å². The summed E-state index contributed by atoms with van der Waals surface area (Å²) in [6.07, 6.45) is 1.69. The number of hydrogen-bond acceptors (Lipinski definition) is 3. The Morgan fingerprint density at radius 3 is 2.56 bits per heavy atom. The third-order valence-corrected chi connectivity index (χ3v) is 1.09. The van der Waals surface area contributed by atoms with Crippen LogP contribution in [0.4, 0.5) is 11.5 Å². The number of anilines is 2. The molecule has 0 amide bonds. The Balaban J connectivity index is 3.17. The molecule has 0 aliphatic carbocycles. The average Bonchev–Trinajstić information content (AvgIpc) is 1.80. The number of rotatable bonds is 0. The molecule has 0 aliphatic rings. The van der Waals surface area contributed by atoms with E-state index in [1.807, 2.05) is 7.85 Å². The molecule has 0 spiro atoms. The zero-order valence-corrected chi connectivity index (χ0v) is 5.26. The Bertz CT molecular complexity index is 223. The van der Waals surface area contributed by atoms with Crippen LogP contribution in [0.1, 0.15) is 0 Å². The van der Waals surface area contributed by atoms with E-state index in [4.69, 9.17) is 11.5 Å². The average molecular weight is 121 g/mol. The number of hydrogen-bond donors (Lipinski definition) is 2. The van der Waals surface area contributed by atoms with Crippen LogP contribution in [-0.4, -0.2) is 12.8 Å². The molecule has 0 fully saturated rings. The van der Waals surface area contributed by atoms with Crippen LogP contribution < -0.4 is 16.9 Å². The lowest BCUT2D eigenvalue weighted by Crippen LogP contribution is -2.07. The maximum absolute atomic E-state index is 5.43. The summed E-state index contributed by atoms with van der Waals surface area (Å²) in [5, 5.41) is 0. The third kappa shape index (κ3) is 1.13. The molecule has 1 aromatic heterocycles. The fourth-order valence-corrected chi connectivity index (χ4v) is 0.602. The summed E-state index contributed by atoms with van der Waals surface area (Å²) in [6, 6.07) is 1.79. The quantitative estimate of drug-likeness (QED) is 0.410. The maximum atomic E-state index is 5.43. The van der Waals surface area contributed by atoms with Crippen molar-refractivity contribution in [3.05, 3.63) is 12.3 Å². The van der Waals surface area contributed by atoms with Gasteiger partial charge >= 0.3 is 0 Å². The van der Waals surface area contributed by atoms with Gasteiger partial charge in [0.05, 0.1) is 5.69 Å². The monoisotopic (exact) mass is 121 g/mol. The SMILES string of the molecule is Bc1cnc(N)c(N)c1. The second-order valence-corrected chi connectivity index (χ2v) is 1.99. The third-order valence-electron chi connectivity index (χ3n) is 1.09. The smallest absolute Gasteiger partial charge is 0.146 e. The number of nitrogens with two attached hydrogens (primary N) is 2. The lowest BCUT2D eigenvalue weighted by molar-refractivity contribution is 1.36. The molecule has 4 N–H and O–H groups in total. The van der Waals surface area contributed by atoms with Gasteiger partial charge in [-0.05, 0) is 6.07 Å². The lowest BCUT2D eigenvalue weighted by Gasteiger charge is -1.97. The predicted molar refractivity (Wildman–Crippen MR) is 41.2 cm³/mol. The van der Waals surface area contributed by atoms with Crippen LogP contribution in [0.3, 0.4) is 0 Å². The van der Waals surface area contributed by atoms with E-state index in [9.17, 15) is 0 Å². The van der Waals surface area contributed by atoms with Gasteiger partial charge in [-0.25, -0.2) is 4.98 Å². The van der Waals surface area contributed by atoms with Crippen molar-refractivity contribution in [3.8, 4) is 0 Å². The molecule has 46 valence electrons. The summed E-state index contributed by atoms with van der Waals surface area (Å²) in [5.74, 6) is 0.403. The summed E-state index contributed by atoms with van der Waals surface area (Å²) >= 11 is 0. The fourth-order valence-electron chi connectivity index (χ4n) is 0.602. The molecular formula is C5H8BN3. The molecule has 0 bridgehead atoms. The highest BCUT2D eigenvalue weighted by Gasteiger charge is 1.92. The van der Waals surface area contributed by atoms with Crippen molar-refractivity contribution in [1.82, 2.24) is 4.98 Å². The van der Waals surface area contributed by atoms with Gasteiger partial charge in [0.2, 0.25) is 0 Å². The van der Waals surface area contributed by atoms with Crippen molar-refractivity contribution in [2.45, 2.75) is 0 Å². The van der Waals surface area contributed by atoms with Gasteiger partial charge in [-0.15, -0.1) is 0 Å². The minimum atomic E-state index is 0.403. The normalized spacial score (nSPS) is 9.33. The van der Waals surface area contributed by atoms with E-state index in [-0.39, 0.29) is 0 Å². The first-order valence-electron chi connectivity index (χ1n) is 2.68. The molecule has 3 nitrogen and oxygen atoms in total. The number of aromatic nitrogens is 1. The van der Waals surface area contributed by atoms with Crippen molar-refractivity contribution in [1.29, 1.82) is 0 Å². The molecular weight excluding hydrogens is 113 g/mol. The van der Waals surface area contributed by atoms with Gasteiger partial charge in [0.1, 0.15) is 13.7 Å². The first kappa shape index (κ1) is 5.94. The van der Waals surface area contributed by atoms with Crippen LogP contribution in [0.2, 0.25) is 0 Å². The van der Waals surface area contributed by atoms with Gasteiger partial charge < -0.3 is 11.5 Å². The predicted octanol–water partition coefficient (Wildman–Crippen LogP) is -1.50. The minimum absolute atomic E-state index is 0.403. The summed E-state index contributed by atoms with van der Waals surface area (Å²) < 4.78 is 0. The summed E-state index contributed by atoms with van der Waals surface area (Å²) in [5.41, 5.74) is 12.4. The van der Waals surface area contributed by atoms with Crippen molar-refractivity contribution in [2.75, 3.05) is 11.5 Å². The van der Waals surface area contributed by atoms with Crippen LogP contribution >= 0.6 is 0 Å². The van der Waals surface area contributed by atoms with Crippen molar-refractivity contribution < 1.29 is 0 Å². The molecule has 0 radical (unpaired) electrons. The Morgan fingerprint density at radius 2 is 2.11 bits per heavy atom. The number of nitrogens with zero attached hydrogens (tertiary/aromatic N) is 1. The topological polar surface area (TPSA) is 64.9 Å². The Kier molecular flexibility index (Phi) is 1.30. The van der Waals surface area contributed by atoms with Gasteiger partial charge in [0, 0.05) is 6.20 Å². The summed E-state index contributed by atoms with van der Waals surface area (Å²) in [4.78, 5) is 3.83. The van der Waals surface area contributed by atoms with Crippen molar-refractivity contribution in [3.63, 3.8) is 0 Å². The molecule has 1 rings (SSSR count). The first-order chi connectivity index (χ1) is 4.20. The van der Waals surface area contributed by atoms with Gasteiger partial charge in [-0.1, -0.05) is 5.46 Å². The number of pyridine rings is 1. The van der Waals surface area contributed by atoms with Crippen LogP contribution in [0, 0.1) is 0 Å². The zero-order chi connectivity index (χ0) is 6.85. The zero-order valence-electron chi connectivity index (χ0n) is 5.26. The molecule has 1 aromatic rings. The van der Waals surface area contributed by atoms with E-state index in [1.54, 1.807) is 12.3 Å². The maximum Gasteiger partial charge on any atom is 0.146 e. The highest BCUT2D eigenvalue weighted by atomic mass is 14.9. The second kappa shape index (κ2) is 1.97. The van der Waals surface area contributed by atoms with Crippen LogP contribution in [0.5, 0.6) is 0 Å². The van der Waals surface area contributed by atoms with E-state index in [2.05, 4.69) is 4.98 Å². The molecule has 0 saturated carbocycles. The van der Waals surface area contributed by atoms with Crippen LogP contribution in [-0.2, 0) is 0 Å². The number of nitrogen functional groups attached to an aromatic ring is 2. The molecule has 0 aliphatic heterocycles. The molecule has 9 heavy (non-hydrogen) atoms. The minimum Gasteiger partial charge on any atom is -0.396 e. The largest absolute Gasteiger partial charge is 0.396 e. The standard InChI is InChI=1S/C5H8BN3/c6-3-1-4(7)5(8)9-2-3/h1-2H,6-7H2,(H2,8,9). The summed E-state index contributed by atoms with van der Waals surface area (Å²) in [6.45, 7) is 0. The van der Waals surface area contributed by atoms with Gasteiger partial charge in [-0.2, -0.15) is 0 Å². The molecule has 0 aromatic carbocycles. The van der Waals surface area contributed by atoms with E-state index < -0.39 is 0 Å². The Labute approximate surface area is 54.5 Å². The van der Waals surface area contributed by atoms with E-state index in [1.165, 1.54) is 0 Å². The van der Waals surface area contributed by atoms with Crippen LogP contribution in [0.25, 0.3) is 0 Å². The molecule has 0 saturated heterocycles. The highest BCUT2D eigenvalue weighted by molar-refractivity contribution is 6.32. The van der Waals surface area contributed by atoms with Crippen molar-refractivity contribution >= 4 is 24.8 Å². The van der Waals surface area contributed by atoms with Crippen molar-refractivity contribution in [2.24, 2.45) is 0 Å². The second-order valence-electron chi connectivity index (χ2n) is 1.99. The molecule has 0 unspecified atom stereocenters. The first-order valence-corrected chi connectivity index (χ1v) is 2.68. The molecule has 1 heterocycles. The fraction of sp³-hybridized carbons (Fsp3) is 0. The Morgan fingerprint density at radius 1 is 1.44 bits per heavy atom. The Hall–Kier alpha value is -1.19. The van der Waals surface area contributed by atoms with E-state index in [0.29, 0.717) is 11.5 Å². The molecule has 4 heteroatoms.